The summed E-state index contributed by atoms with van der Waals surface area (Å²) in [6.45, 7) is 2.01. The number of hydrogen-bond acceptors (Lipinski definition) is 3. The third kappa shape index (κ3) is 3.42. The minimum Gasteiger partial charge on any atom is -0.481 e. The van der Waals surface area contributed by atoms with E-state index in [1.54, 1.807) is 11.8 Å². The highest BCUT2D eigenvalue weighted by Crippen LogP contribution is 2.34. The molecule has 1 saturated carbocycles. The Kier molecular flexibility index (Phi) is 4.86. The summed E-state index contributed by atoms with van der Waals surface area (Å²) in [4.78, 5) is 24.0. The third-order valence-corrected chi connectivity index (χ3v) is 4.93. The van der Waals surface area contributed by atoms with Crippen LogP contribution in [0, 0.1) is 12.8 Å². The first-order chi connectivity index (χ1) is 9.51. The van der Waals surface area contributed by atoms with Crippen molar-refractivity contribution in [1.82, 2.24) is 0 Å². The largest absolute Gasteiger partial charge is 0.481 e. The predicted molar refractivity (Wildman–Crippen MR) is 80.3 cm³/mol. The van der Waals surface area contributed by atoms with Gasteiger partial charge >= 0.3 is 5.97 Å². The lowest BCUT2D eigenvalue weighted by Crippen LogP contribution is -2.15. The van der Waals surface area contributed by atoms with E-state index < -0.39 is 11.9 Å². The van der Waals surface area contributed by atoms with E-state index in [1.165, 1.54) is 4.90 Å². The van der Waals surface area contributed by atoms with E-state index in [4.69, 9.17) is 0 Å². The van der Waals surface area contributed by atoms with Crippen LogP contribution in [0.3, 0.4) is 0 Å². The number of thioether (sulfide) groups is 1. The molecule has 0 heterocycles. The summed E-state index contributed by atoms with van der Waals surface area (Å²) in [5.74, 6) is -0.793. The van der Waals surface area contributed by atoms with E-state index in [0.717, 1.165) is 17.5 Å². The highest BCUT2D eigenvalue weighted by molar-refractivity contribution is 7.98. The second kappa shape index (κ2) is 6.44. The Morgan fingerprint density at radius 1 is 1.50 bits per heavy atom. The molecule has 1 fully saturated rings. The van der Waals surface area contributed by atoms with Gasteiger partial charge in [-0.25, -0.2) is 0 Å². The number of carboxylic acid groups (broad SMARTS) is 1. The predicted octanol–water partition coefficient (Wildman–Crippen LogP) is 3.64. The highest BCUT2D eigenvalue weighted by Gasteiger charge is 2.29. The normalized spacial score (nSPS) is 20.1. The van der Waals surface area contributed by atoms with Gasteiger partial charge in [0, 0.05) is 17.7 Å². The van der Waals surface area contributed by atoms with Crippen LogP contribution in [0.15, 0.2) is 23.1 Å². The van der Waals surface area contributed by atoms with Crippen LogP contribution in [0.1, 0.15) is 42.7 Å². The summed E-state index contributed by atoms with van der Waals surface area (Å²) >= 11 is 1.67. The van der Waals surface area contributed by atoms with Gasteiger partial charge in [-0.05, 0) is 49.1 Å². The van der Waals surface area contributed by atoms with Crippen molar-refractivity contribution in [1.29, 1.82) is 0 Å². The lowest BCUT2D eigenvalue weighted by Gasteiger charge is -2.18. The van der Waals surface area contributed by atoms with Gasteiger partial charge in [-0.1, -0.05) is 12.1 Å². The molecular formula is C16H20O3S. The van der Waals surface area contributed by atoms with Gasteiger partial charge in [0.2, 0.25) is 0 Å². The fraction of sp³-hybridized carbons (Fsp3) is 0.500. The molecule has 108 valence electrons. The van der Waals surface area contributed by atoms with Gasteiger partial charge < -0.3 is 5.11 Å². The van der Waals surface area contributed by atoms with Crippen molar-refractivity contribution < 1.29 is 14.7 Å². The zero-order chi connectivity index (χ0) is 14.7. The molecule has 2 atom stereocenters. The summed E-state index contributed by atoms with van der Waals surface area (Å²) in [5, 5.41) is 9.48. The monoisotopic (exact) mass is 292 g/mol. The van der Waals surface area contributed by atoms with Crippen molar-refractivity contribution in [3.63, 3.8) is 0 Å². The molecule has 0 amide bonds. The van der Waals surface area contributed by atoms with E-state index in [0.29, 0.717) is 19.3 Å². The average molecular weight is 292 g/mol. The molecule has 4 heteroatoms. The molecule has 1 aromatic carbocycles. The number of hydrogen-bond donors (Lipinski definition) is 1. The molecule has 1 N–H and O–H groups in total. The first-order valence-electron chi connectivity index (χ1n) is 6.90. The Morgan fingerprint density at radius 2 is 2.25 bits per heavy atom. The maximum Gasteiger partial charge on any atom is 0.310 e. The molecule has 0 saturated heterocycles. The quantitative estimate of drug-likeness (QED) is 0.842. The van der Waals surface area contributed by atoms with Crippen LogP contribution in [0.25, 0.3) is 0 Å². The van der Waals surface area contributed by atoms with E-state index in [9.17, 15) is 14.7 Å². The van der Waals surface area contributed by atoms with Gasteiger partial charge in [0.15, 0.2) is 0 Å². The van der Waals surface area contributed by atoms with Crippen molar-refractivity contribution in [3.05, 3.63) is 29.3 Å². The van der Waals surface area contributed by atoms with Gasteiger partial charge in [0.1, 0.15) is 5.78 Å². The molecule has 0 bridgehead atoms. The number of rotatable bonds is 5. The van der Waals surface area contributed by atoms with Gasteiger partial charge in [-0.15, -0.1) is 11.8 Å². The molecule has 0 radical (unpaired) electrons. The van der Waals surface area contributed by atoms with Crippen LogP contribution < -0.4 is 0 Å². The van der Waals surface area contributed by atoms with Crippen LogP contribution in [0.2, 0.25) is 0 Å². The Morgan fingerprint density at radius 3 is 2.75 bits per heavy atom. The van der Waals surface area contributed by atoms with Crippen molar-refractivity contribution in [3.8, 4) is 0 Å². The van der Waals surface area contributed by atoms with Gasteiger partial charge in [0.25, 0.3) is 0 Å². The number of aryl methyl sites for hydroxylation is 1. The van der Waals surface area contributed by atoms with E-state index >= 15 is 0 Å². The number of ketones is 1. The van der Waals surface area contributed by atoms with Crippen LogP contribution in [0.4, 0.5) is 0 Å². The zero-order valence-corrected chi connectivity index (χ0v) is 12.7. The molecule has 0 unspecified atom stereocenters. The second-order valence-electron chi connectivity index (χ2n) is 5.50. The minimum atomic E-state index is -0.791. The molecule has 0 spiro atoms. The number of carbonyl (C=O) groups is 2. The van der Waals surface area contributed by atoms with Crippen LogP contribution in [-0.2, 0) is 9.59 Å². The fourth-order valence-corrected chi connectivity index (χ4v) is 3.51. The molecule has 0 aromatic heterocycles. The van der Waals surface area contributed by atoms with Crippen molar-refractivity contribution in [2.24, 2.45) is 5.92 Å². The number of Topliss-reactive ketones (excluding diaryl/α,β-unsaturated/α-hetero) is 1. The van der Waals surface area contributed by atoms with E-state index in [1.807, 2.05) is 31.4 Å². The van der Waals surface area contributed by atoms with Crippen LogP contribution in [-0.4, -0.2) is 23.1 Å². The Labute approximate surface area is 123 Å². The number of carbonyl (C=O) groups excluding carboxylic acids is 1. The average Bonchev–Trinajstić information content (AvgIpc) is 2.81. The van der Waals surface area contributed by atoms with Crippen molar-refractivity contribution >= 4 is 23.5 Å². The summed E-state index contributed by atoms with van der Waals surface area (Å²) < 4.78 is 0. The number of aliphatic carboxylic acids is 1. The van der Waals surface area contributed by atoms with Crippen LogP contribution in [0.5, 0.6) is 0 Å². The van der Waals surface area contributed by atoms with Gasteiger partial charge in [-0.3, -0.25) is 9.59 Å². The molecular weight excluding hydrogens is 272 g/mol. The first kappa shape index (κ1) is 15.1. The maximum absolute atomic E-state index is 11.5. The minimum absolute atomic E-state index is 0.226. The summed E-state index contributed by atoms with van der Waals surface area (Å²) in [6.07, 6.45) is 4.58. The Hall–Kier alpha value is -1.29. The topological polar surface area (TPSA) is 54.4 Å². The molecule has 1 aliphatic rings. The smallest absolute Gasteiger partial charge is 0.310 e. The summed E-state index contributed by atoms with van der Waals surface area (Å²) in [7, 11) is 0. The van der Waals surface area contributed by atoms with Crippen LogP contribution >= 0.6 is 11.8 Å². The fourth-order valence-electron chi connectivity index (χ4n) is 2.92. The standard InChI is InChI=1S/C16H20O3S/c1-10-7-12(4-6-15(10)20-2)14(16(18)19)9-11-3-5-13(17)8-11/h4,6-7,11,14H,3,5,8-9H2,1-2H3,(H,18,19)/t11-,14+/m0/s1. The molecule has 0 aliphatic heterocycles. The SMILES string of the molecule is CSc1ccc([C@@H](C[C@H]2CCC(=O)C2)C(=O)O)cc1C. The van der Waals surface area contributed by atoms with E-state index in [-0.39, 0.29) is 11.7 Å². The number of benzene rings is 1. The maximum atomic E-state index is 11.5. The third-order valence-electron chi connectivity index (χ3n) is 4.04. The van der Waals surface area contributed by atoms with Crippen molar-refractivity contribution in [2.75, 3.05) is 6.26 Å². The lowest BCUT2D eigenvalue weighted by molar-refractivity contribution is -0.139. The molecule has 1 aromatic rings. The summed E-state index contributed by atoms with van der Waals surface area (Å²) in [6, 6.07) is 5.88. The first-order valence-corrected chi connectivity index (χ1v) is 8.12. The Balaban J connectivity index is 2.18. The zero-order valence-electron chi connectivity index (χ0n) is 11.9. The van der Waals surface area contributed by atoms with Gasteiger partial charge in [0.05, 0.1) is 5.92 Å². The second-order valence-corrected chi connectivity index (χ2v) is 6.35. The van der Waals surface area contributed by atoms with E-state index in [2.05, 4.69) is 0 Å². The number of carboxylic acids is 1. The lowest BCUT2D eigenvalue weighted by atomic mass is 9.87. The molecule has 20 heavy (non-hydrogen) atoms. The molecule has 3 nitrogen and oxygen atoms in total. The Bertz CT molecular complexity index is 524. The summed E-state index contributed by atoms with van der Waals surface area (Å²) in [5.41, 5.74) is 1.97. The highest BCUT2D eigenvalue weighted by atomic mass is 32.2. The van der Waals surface area contributed by atoms with Gasteiger partial charge in [-0.2, -0.15) is 0 Å². The van der Waals surface area contributed by atoms with Crippen molar-refractivity contribution in [2.45, 2.75) is 43.4 Å². The molecule has 1 aliphatic carbocycles. The molecule has 2 rings (SSSR count).